The van der Waals surface area contributed by atoms with Gasteiger partial charge in [-0.3, -0.25) is 9.32 Å². The largest absolute Gasteiger partial charge is 0.469 e. The van der Waals surface area contributed by atoms with Crippen molar-refractivity contribution >= 4 is 24.6 Å². The maximum atomic E-state index is 12.5. The standard InChI is InChI=1S/C29H47N2O5P/c1-2-3-4-5-6-7-8-9-10-11-12-13-14-15-16-21-29(32)31-26(24-36-37(33,34)35)22-25-23-30-28-20-18-17-19-27(25)28/h9-10,17-20,23,26,30H,2-8,11-16,21-22,24H2,1H3,(H,31,32)(H2,33,34,35)/b10-9-/t26-/m0/s1. The van der Waals surface area contributed by atoms with Crippen molar-refractivity contribution in [3.63, 3.8) is 0 Å². The smallest absolute Gasteiger partial charge is 0.361 e. The maximum Gasteiger partial charge on any atom is 0.469 e. The van der Waals surface area contributed by atoms with Crippen molar-refractivity contribution in [3.8, 4) is 0 Å². The van der Waals surface area contributed by atoms with Crippen LogP contribution < -0.4 is 5.32 Å². The van der Waals surface area contributed by atoms with Gasteiger partial charge in [0.1, 0.15) is 0 Å². The molecular weight excluding hydrogens is 487 g/mol. The first-order chi connectivity index (χ1) is 17.9. The van der Waals surface area contributed by atoms with Crippen LogP contribution in [0, 0.1) is 0 Å². The summed E-state index contributed by atoms with van der Waals surface area (Å²) < 4.78 is 15.9. The molecule has 0 aliphatic heterocycles. The third kappa shape index (κ3) is 14.6. The first-order valence-electron chi connectivity index (χ1n) is 14.1. The molecule has 37 heavy (non-hydrogen) atoms. The maximum absolute atomic E-state index is 12.5. The fraction of sp³-hybridized carbons (Fsp3) is 0.621. The lowest BCUT2D eigenvalue weighted by Crippen LogP contribution is -2.39. The van der Waals surface area contributed by atoms with Crippen LogP contribution >= 0.6 is 7.82 Å². The molecule has 1 atom stereocenters. The number of rotatable bonds is 21. The number of hydrogen-bond acceptors (Lipinski definition) is 3. The Morgan fingerprint density at radius 1 is 0.973 bits per heavy atom. The molecule has 0 saturated carbocycles. The van der Waals surface area contributed by atoms with Crippen LogP contribution in [0.1, 0.15) is 102 Å². The Labute approximate surface area is 222 Å². The summed E-state index contributed by atoms with van der Waals surface area (Å²) in [6, 6.07) is 7.29. The van der Waals surface area contributed by atoms with E-state index < -0.39 is 13.9 Å². The van der Waals surface area contributed by atoms with Crippen LogP contribution in [-0.4, -0.2) is 33.3 Å². The molecule has 0 fully saturated rings. The molecule has 2 aromatic rings. The zero-order valence-electron chi connectivity index (χ0n) is 22.5. The number of phosphoric ester groups is 1. The normalized spacial score (nSPS) is 12.9. The highest BCUT2D eigenvalue weighted by atomic mass is 31.2. The topological polar surface area (TPSA) is 112 Å². The SMILES string of the molecule is CCCCCCCC/C=C\CCCCCCCC(=O)N[C@H](COP(=O)(O)O)Cc1c[nH]c2ccccc12. The molecule has 0 radical (unpaired) electrons. The minimum absolute atomic E-state index is 0.114. The second kappa shape index (κ2) is 18.4. The van der Waals surface area contributed by atoms with E-state index in [1.165, 1.54) is 57.8 Å². The number of fused-ring (bicyclic) bond motifs is 1. The minimum Gasteiger partial charge on any atom is -0.361 e. The lowest BCUT2D eigenvalue weighted by molar-refractivity contribution is -0.122. The molecule has 1 amide bonds. The molecular formula is C29H47N2O5P. The van der Waals surface area contributed by atoms with E-state index >= 15 is 0 Å². The van der Waals surface area contributed by atoms with E-state index in [1.54, 1.807) is 0 Å². The van der Waals surface area contributed by atoms with E-state index in [0.29, 0.717) is 12.8 Å². The van der Waals surface area contributed by atoms with E-state index in [9.17, 15) is 9.36 Å². The van der Waals surface area contributed by atoms with Crippen molar-refractivity contribution in [2.24, 2.45) is 0 Å². The molecule has 1 heterocycles. The van der Waals surface area contributed by atoms with Crippen molar-refractivity contribution in [1.29, 1.82) is 0 Å². The van der Waals surface area contributed by atoms with Crippen molar-refractivity contribution in [2.75, 3.05) is 6.61 Å². The number of carbonyl (C=O) groups is 1. The minimum atomic E-state index is -4.62. The third-order valence-corrected chi connectivity index (χ3v) is 7.10. The molecule has 0 saturated heterocycles. The van der Waals surface area contributed by atoms with Crippen molar-refractivity contribution in [2.45, 2.75) is 109 Å². The molecule has 1 aromatic heterocycles. The quantitative estimate of drug-likeness (QED) is 0.0760. The fourth-order valence-corrected chi connectivity index (χ4v) is 4.93. The Morgan fingerprint density at radius 3 is 2.27 bits per heavy atom. The van der Waals surface area contributed by atoms with Crippen LogP contribution in [0.25, 0.3) is 10.9 Å². The zero-order chi connectivity index (χ0) is 26.8. The number of hydrogen-bond donors (Lipinski definition) is 4. The van der Waals surface area contributed by atoms with Crippen molar-refractivity contribution in [1.82, 2.24) is 10.3 Å². The predicted molar refractivity (Wildman–Crippen MR) is 151 cm³/mol. The monoisotopic (exact) mass is 534 g/mol. The van der Waals surface area contributed by atoms with Crippen LogP contribution in [0.5, 0.6) is 0 Å². The van der Waals surface area contributed by atoms with Gasteiger partial charge in [-0.15, -0.1) is 0 Å². The van der Waals surface area contributed by atoms with E-state index in [-0.39, 0.29) is 12.5 Å². The van der Waals surface area contributed by atoms with Gasteiger partial charge in [0.15, 0.2) is 0 Å². The molecule has 7 nitrogen and oxygen atoms in total. The number of benzene rings is 1. The summed E-state index contributed by atoms with van der Waals surface area (Å²) in [5, 5.41) is 3.94. The molecule has 0 unspecified atom stereocenters. The van der Waals surface area contributed by atoms with Gasteiger partial charge in [0.25, 0.3) is 0 Å². The number of aromatic nitrogens is 1. The Morgan fingerprint density at radius 2 is 1.59 bits per heavy atom. The fourth-order valence-electron chi connectivity index (χ4n) is 4.56. The second-order valence-electron chi connectivity index (χ2n) is 9.95. The number of phosphoric acid groups is 1. The van der Waals surface area contributed by atoms with Gasteiger partial charge in [-0.05, 0) is 50.2 Å². The molecule has 0 aliphatic rings. The number of aromatic amines is 1. The van der Waals surface area contributed by atoms with Gasteiger partial charge in [-0.1, -0.05) is 88.6 Å². The van der Waals surface area contributed by atoms with E-state index in [4.69, 9.17) is 14.3 Å². The first kappa shape index (κ1) is 31.3. The lowest BCUT2D eigenvalue weighted by Gasteiger charge is -2.19. The number of allylic oxidation sites excluding steroid dienone is 2. The van der Waals surface area contributed by atoms with Crippen molar-refractivity contribution < 1.29 is 23.7 Å². The lowest BCUT2D eigenvalue weighted by atomic mass is 10.0. The first-order valence-corrected chi connectivity index (χ1v) is 15.6. The molecule has 0 bridgehead atoms. The summed E-state index contributed by atoms with van der Waals surface area (Å²) in [5.74, 6) is -0.114. The van der Waals surface area contributed by atoms with E-state index in [2.05, 4.69) is 29.4 Å². The third-order valence-electron chi connectivity index (χ3n) is 6.62. The predicted octanol–water partition coefficient (Wildman–Crippen LogP) is 7.34. The molecule has 8 heteroatoms. The second-order valence-corrected chi connectivity index (χ2v) is 11.2. The summed E-state index contributed by atoms with van der Waals surface area (Å²) >= 11 is 0. The average Bonchev–Trinajstić information content (AvgIpc) is 3.27. The number of unbranched alkanes of at least 4 members (excludes halogenated alkanes) is 11. The number of amides is 1. The number of H-pyrrole nitrogens is 1. The van der Waals surface area contributed by atoms with Gasteiger partial charge in [-0.25, -0.2) is 4.57 Å². The molecule has 208 valence electrons. The summed E-state index contributed by atoms with van der Waals surface area (Å²) in [5.41, 5.74) is 1.95. The Bertz CT molecular complexity index is 968. The highest BCUT2D eigenvalue weighted by molar-refractivity contribution is 7.46. The molecule has 4 N–H and O–H groups in total. The molecule has 0 spiro atoms. The van der Waals surface area contributed by atoms with Crippen LogP contribution in [0.2, 0.25) is 0 Å². The van der Waals surface area contributed by atoms with Gasteiger partial charge >= 0.3 is 7.82 Å². The van der Waals surface area contributed by atoms with Gasteiger partial charge in [0.05, 0.1) is 12.6 Å². The number of carbonyl (C=O) groups excluding carboxylic acids is 1. The molecule has 2 rings (SSSR count). The van der Waals surface area contributed by atoms with Crippen molar-refractivity contribution in [3.05, 3.63) is 48.2 Å². The van der Waals surface area contributed by atoms with Crippen LogP contribution in [0.4, 0.5) is 0 Å². The van der Waals surface area contributed by atoms with E-state index in [0.717, 1.165) is 42.1 Å². The van der Waals surface area contributed by atoms with E-state index in [1.807, 2.05) is 30.5 Å². The van der Waals surface area contributed by atoms with Gasteiger partial charge < -0.3 is 20.1 Å². The average molecular weight is 535 g/mol. The summed E-state index contributed by atoms with van der Waals surface area (Å²) in [6.45, 7) is 2.00. The summed E-state index contributed by atoms with van der Waals surface area (Å²) in [6.07, 6.45) is 23.0. The molecule has 0 aliphatic carbocycles. The van der Waals surface area contributed by atoms with Crippen LogP contribution in [0.15, 0.2) is 42.6 Å². The zero-order valence-corrected chi connectivity index (χ0v) is 23.4. The Balaban J connectivity index is 1.60. The number of nitrogens with one attached hydrogen (secondary N) is 2. The van der Waals surface area contributed by atoms with Gasteiger partial charge in [0, 0.05) is 23.5 Å². The van der Waals surface area contributed by atoms with Crippen LogP contribution in [-0.2, 0) is 20.3 Å². The Kier molecular flexibility index (Phi) is 15.5. The highest BCUT2D eigenvalue weighted by Crippen LogP contribution is 2.36. The summed E-state index contributed by atoms with van der Waals surface area (Å²) in [4.78, 5) is 34.0. The van der Waals surface area contributed by atoms with Gasteiger partial charge in [0.2, 0.25) is 5.91 Å². The molecule has 1 aromatic carbocycles. The van der Waals surface area contributed by atoms with Crippen LogP contribution in [0.3, 0.4) is 0 Å². The number of para-hydroxylation sites is 1. The Hall–Kier alpha value is -1.92. The highest BCUT2D eigenvalue weighted by Gasteiger charge is 2.21. The summed E-state index contributed by atoms with van der Waals surface area (Å²) in [7, 11) is -4.62. The van der Waals surface area contributed by atoms with Gasteiger partial charge in [-0.2, -0.15) is 0 Å².